The summed E-state index contributed by atoms with van der Waals surface area (Å²) in [6.07, 6.45) is 0.546. The summed E-state index contributed by atoms with van der Waals surface area (Å²) in [7, 11) is 0. The van der Waals surface area contributed by atoms with Crippen LogP contribution in [0.15, 0.2) is 48.5 Å². The van der Waals surface area contributed by atoms with E-state index in [1.165, 1.54) is 0 Å². The molecule has 0 saturated heterocycles. The molecular formula is C19H18Cl2N2O2. The highest BCUT2D eigenvalue weighted by molar-refractivity contribution is 6.36. The lowest BCUT2D eigenvalue weighted by atomic mass is 10.1. The van der Waals surface area contributed by atoms with Gasteiger partial charge in [-0.05, 0) is 37.1 Å². The van der Waals surface area contributed by atoms with Gasteiger partial charge in [0.25, 0.3) is 0 Å². The van der Waals surface area contributed by atoms with Crippen molar-refractivity contribution in [3.63, 3.8) is 0 Å². The summed E-state index contributed by atoms with van der Waals surface area (Å²) in [5.74, 6) is -0.914. The number of hydrogen-bond donors (Lipinski definition) is 2. The summed E-state index contributed by atoms with van der Waals surface area (Å²) in [5, 5.41) is 6.60. The summed E-state index contributed by atoms with van der Waals surface area (Å²) >= 11 is 11.9. The largest absolute Gasteiger partial charge is 0.349 e. The first-order chi connectivity index (χ1) is 12.0. The van der Waals surface area contributed by atoms with Crippen molar-refractivity contribution in [2.45, 2.75) is 19.4 Å². The van der Waals surface area contributed by atoms with Gasteiger partial charge in [-0.25, -0.2) is 0 Å². The topological polar surface area (TPSA) is 58.2 Å². The first-order valence-corrected chi connectivity index (χ1v) is 8.82. The molecule has 0 aromatic heterocycles. The van der Waals surface area contributed by atoms with Gasteiger partial charge < -0.3 is 10.6 Å². The number of anilines is 1. The first kappa shape index (κ1) is 17.8. The Hall–Kier alpha value is -2.04. The van der Waals surface area contributed by atoms with Crippen molar-refractivity contribution in [2.75, 3.05) is 5.32 Å². The number of benzene rings is 2. The van der Waals surface area contributed by atoms with Gasteiger partial charge in [0.15, 0.2) is 0 Å². The minimum absolute atomic E-state index is 0.0938. The van der Waals surface area contributed by atoms with E-state index in [0.717, 1.165) is 5.56 Å². The van der Waals surface area contributed by atoms with Crippen molar-refractivity contribution in [3.8, 4) is 0 Å². The third-order valence-corrected chi connectivity index (χ3v) is 4.86. The molecule has 4 nitrogen and oxygen atoms in total. The van der Waals surface area contributed by atoms with Gasteiger partial charge in [-0.2, -0.15) is 0 Å². The van der Waals surface area contributed by atoms with Crippen molar-refractivity contribution in [1.82, 2.24) is 5.32 Å². The molecule has 6 heteroatoms. The standard InChI is InChI=1S/C19H18Cl2N2O2/c1-11(12-5-3-2-4-6-12)22-18(24)14-10-15(14)19(25)23-17-8-7-13(20)9-16(17)21/h2-9,11,14-15H,10H2,1H3,(H,22,24)(H,23,25). The normalized spacial score (nSPS) is 19.8. The van der Waals surface area contributed by atoms with E-state index in [1.807, 2.05) is 37.3 Å². The van der Waals surface area contributed by atoms with E-state index in [2.05, 4.69) is 10.6 Å². The zero-order valence-corrected chi connectivity index (χ0v) is 15.1. The average molecular weight is 377 g/mol. The van der Waals surface area contributed by atoms with E-state index in [1.54, 1.807) is 18.2 Å². The Balaban J connectivity index is 1.54. The number of carbonyl (C=O) groups is 2. The highest BCUT2D eigenvalue weighted by Crippen LogP contribution is 2.40. The molecule has 2 aromatic carbocycles. The van der Waals surface area contributed by atoms with E-state index in [-0.39, 0.29) is 29.7 Å². The molecule has 3 rings (SSSR count). The molecule has 25 heavy (non-hydrogen) atoms. The van der Waals surface area contributed by atoms with Crippen LogP contribution >= 0.6 is 23.2 Å². The molecule has 2 N–H and O–H groups in total. The lowest BCUT2D eigenvalue weighted by Gasteiger charge is -2.14. The number of amides is 2. The lowest BCUT2D eigenvalue weighted by molar-refractivity contribution is -0.125. The van der Waals surface area contributed by atoms with Gasteiger partial charge in [0, 0.05) is 5.02 Å². The maximum Gasteiger partial charge on any atom is 0.228 e. The Morgan fingerprint density at radius 3 is 2.40 bits per heavy atom. The monoisotopic (exact) mass is 376 g/mol. The molecule has 2 aromatic rings. The van der Waals surface area contributed by atoms with Crippen LogP contribution in [0.1, 0.15) is 24.9 Å². The number of hydrogen-bond acceptors (Lipinski definition) is 2. The van der Waals surface area contributed by atoms with E-state index in [0.29, 0.717) is 22.2 Å². The minimum Gasteiger partial charge on any atom is -0.349 e. The van der Waals surface area contributed by atoms with Crippen molar-refractivity contribution < 1.29 is 9.59 Å². The second-order valence-corrected chi connectivity index (χ2v) is 7.05. The minimum atomic E-state index is -0.324. The summed E-state index contributed by atoms with van der Waals surface area (Å²) in [6, 6.07) is 14.5. The fraction of sp³-hybridized carbons (Fsp3) is 0.263. The maximum absolute atomic E-state index is 12.3. The number of halogens is 2. The van der Waals surface area contributed by atoms with Gasteiger partial charge in [-0.3, -0.25) is 9.59 Å². The zero-order valence-electron chi connectivity index (χ0n) is 13.6. The van der Waals surface area contributed by atoms with E-state index < -0.39 is 0 Å². The van der Waals surface area contributed by atoms with Crippen LogP contribution in [0.25, 0.3) is 0 Å². The van der Waals surface area contributed by atoms with Crippen LogP contribution in [0.5, 0.6) is 0 Å². The number of rotatable bonds is 5. The maximum atomic E-state index is 12.3. The molecule has 3 atom stereocenters. The Bertz CT molecular complexity index is 795. The zero-order chi connectivity index (χ0) is 18.0. The molecule has 1 aliphatic carbocycles. The molecule has 1 aliphatic rings. The molecule has 3 unspecified atom stereocenters. The van der Waals surface area contributed by atoms with Crippen LogP contribution in [-0.4, -0.2) is 11.8 Å². The van der Waals surface area contributed by atoms with Crippen molar-refractivity contribution in [3.05, 3.63) is 64.1 Å². The van der Waals surface area contributed by atoms with Crippen LogP contribution in [0.4, 0.5) is 5.69 Å². The molecule has 0 aliphatic heterocycles. The molecule has 1 fully saturated rings. The fourth-order valence-electron chi connectivity index (χ4n) is 2.74. The predicted molar refractivity (Wildman–Crippen MR) is 99.7 cm³/mol. The summed E-state index contributed by atoms with van der Waals surface area (Å²) in [4.78, 5) is 24.6. The average Bonchev–Trinajstić information content (AvgIpc) is 3.39. The smallest absolute Gasteiger partial charge is 0.228 e. The molecule has 1 saturated carbocycles. The van der Waals surface area contributed by atoms with Crippen molar-refractivity contribution in [1.29, 1.82) is 0 Å². The summed E-state index contributed by atoms with van der Waals surface area (Å²) in [5.41, 5.74) is 1.53. The van der Waals surface area contributed by atoms with Crippen LogP contribution in [0.3, 0.4) is 0 Å². The van der Waals surface area contributed by atoms with Gasteiger partial charge >= 0.3 is 0 Å². The van der Waals surface area contributed by atoms with Crippen LogP contribution in [0.2, 0.25) is 10.0 Å². The highest BCUT2D eigenvalue weighted by Gasteiger charge is 2.48. The van der Waals surface area contributed by atoms with Crippen LogP contribution in [-0.2, 0) is 9.59 Å². The Labute approximate surface area is 156 Å². The number of carbonyl (C=O) groups excluding carboxylic acids is 2. The molecule has 0 heterocycles. The first-order valence-electron chi connectivity index (χ1n) is 8.07. The van der Waals surface area contributed by atoms with Gasteiger partial charge in [-0.1, -0.05) is 53.5 Å². The molecule has 130 valence electrons. The van der Waals surface area contributed by atoms with E-state index >= 15 is 0 Å². The third kappa shape index (κ3) is 4.33. The van der Waals surface area contributed by atoms with Crippen molar-refractivity contribution in [2.24, 2.45) is 11.8 Å². The van der Waals surface area contributed by atoms with Gasteiger partial charge in [0.1, 0.15) is 0 Å². The van der Waals surface area contributed by atoms with Crippen molar-refractivity contribution >= 4 is 40.7 Å². The van der Waals surface area contributed by atoms with E-state index in [9.17, 15) is 9.59 Å². The highest BCUT2D eigenvalue weighted by atomic mass is 35.5. The van der Waals surface area contributed by atoms with E-state index in [4.69, 9.17) is 23.2 Å². The SMILES string of the molecule is CC(NC(=O)C1CC1C(=O)Nc1ccc(Cl)cc1Cl)c1ccccc1. The van der Waals surface area contributed by atoms with Gasteiger partial charge in [-0.15, -0.1) is 0 Å². The van der Waals surface area contributed by atoms with Crippen LogP contribution in [0, 0.1) is 11.8 Å². The second-order valence-electron chi connectivity index (χ2n) is 6.20. The Morgan fingerprint density at radius 1 is 1.04 bits per heavy atom. The molecule has 0 radical (unpaired) electrons. The Morgan fingerprint density at radius 2 is 1.72 bits per heavy atom. The van der Waals surface area contributed by atoms with Gasteiger partial charge in [0.05, 0.1) is 28.6 Å². The number of nitrogens with one attached hydrogen (secondary N) is 2. The summed E-state index contributed by atoms with van der Waals surface area (Å²) < 4.78 is 0. The quantitative estimate of drug-likeness (QED) is 0.809. The lowest BCUT2D eigenvalue weighted by Crippen LogP contribution is -2.29. The summed E-state index contributed by atoms with van der Waals surface area (Å²) in [6.45, 7) is 1.93. The second kappa shape index (κ2) is 7.46. The fourth-order valence-corrected chi connectivity index (χ4v) is 3.19. The molecule has 0 spiro atoms. The van der Waals surface area contributed by atoms with Crippen LogP contribution < -0.4 is 10.6 Å². The Kier molecular flexibility index (Phi) is 5.30. The molecule has 0 bridgehead atoms. The molecular weight excluding hydrogens is 359 g/mol. The van der Waals surface area contributed by atoms with Gasteiger partial charge in [0.2, 0.25) is 11.8 Å². The third-order valence-electron chi connectivity index (χ3n) is 4.31. The molecule has 2 amide bonds. The predicted octanol–water partition coefficient (Wildman–Crippen LogP) is 4.45.